The van der Waals surface area contributed by atoms with Gasteiger partial charge in [0.15, 0.2) is 9.84 Å². The van der Waals surface area contributed by atoms with Gasteiger partial charge in [0.05, 0.1) is 10.6 Å². The number of sulfone groups is 1. The van der Waals surface area contributed by atoms with Gasteiger partial charge in [-0.05, 0) is 31.2 Å². The Morgan fingerprint density at radius 3 is 2.29 bits per heavy atom. The maximum Gasteiger partial charge on any atom is 0.182 e. The third-order valence-electron chi connectivity index (χ3n) is 2.96. The lowest BCUT2D eigenvalue weighted by molar-refractivity contribution is 0.598. The first kappa shape index (κ1) is 15.9. The van der Waals surface area contributed by atoms with E-state index in [0.29, 0.717) is 16.2 Å². The van der Waals surface area contributed by atoms with Crippen molar-refractivity contribution in [1.29, 1.82) is 0 Å². The molecule has 2 aromatic carbocycles. The van der Waals surface area contributed by atoms with Gasteiger partial charge in [-0.1, -0.05) is 48.0 Å². The largest absolute Gasteiger partial charge is 0.223 e. The van der Waals surface area contributed by atoms with Crippen molar-refractivity contribution in [2.45, 2.75) is 16.7 Å². The third kappa shape index (κ3) is 4.76. The van der Waals surface area contributed by atoms with Crippen LogP contribution in [0.25, 0.3) is 0 Å². The molecule has 0 N–H and O–H groups in total. The van der Waals surface area contributed by atoms with E-state index in [-0.39, 0.29) is 5.75 Å². The average Bonchev–Trinajstić information content (AvgIpc) is 2.46. The van der Waals surface area contributed by atoms with Gasteiger partial charge in [0.25, 0.3) is 0 Å². The van der Waals surface area contributed by atoms with Gasteiger partial charge in [-0.2, -0.15) is 0 Å². The number of hydrogen-bond donors (Lipinski definition) is 0. The fourth-order valence-corrected chi connectivity index (χ4v) is 4.15. The van der Waals surface area contributed by atoms with Crippen molar-refractivity contribution in [2.75, 3.05) is 11.5 Å². The minimum Gasteiger partial charge on any atom is -0.223 e. The summed E-state index contributed by atoms with van der Waals surface area (Å²) in [5, 5.41) is 0. The minimum atomic E-state index is -3.29. The summed E-state index contributed by atoms with van der Waals surface area (Å²) in [7, 11) is -3.29. The van der Waals surface area contributed by atoms with Crippen molar-refractivity contribution in [3.63, 3.8) is 0 Å². The Hall–Kier alpha value is -1.52. The Bertz CT molecular complexity index is 702. The van der Waals surface area contributed by atoms with Crippen molar-refractivity contribution in [3.05, 3.63) is 72.3 Å². The van der Waals surface area contributed by atoms with Crippen LogP contribution in [0.4, 0.5) is 0 Å². The van der Waals surface area contributed by atoms with Crippen molar-refractivity contribution in [1.82, 2.24) is 0 Å². The van der Waals surface area contributed by atoms with E-state index in [1.54, 1.807) is 23.9 Å². The van der Waals surface area contributed by atoms with Gasteiger partial charge in [-0.3, -0.25) is 0 Å². The molecule has 110 valence electrons. The smallest absolute Gasteiger partial charge is 0.182 e. The van der Waals surface area contributed by atoms with Crippen LogP contribution < -0.4 is 0 Å². The molecule has 2 nitrogen and oxygen atoms in total. The van der Waals surface area contributed by atoms with Gasteiger partial charge in [-0.25, -0.2) is 8.42 Å². The van der Waals surface area contributed by atoms with Gasteiger partial charge in [-0.15, -0.1) is 11.8 Å². The maximum absolute atomic E-state index is 12.3. The van der Waals surface area contributed by atoms with Crippen molar-refractivity contribution in [2.24, 2.45) is 0 Å². The van der Waals surface area contributed by atoms with E-state index in [1.165, 1.54) is 0 Å². The zero-order valence-corrected chi connectivity index (χ0v) is 13.6. The zero-order chi connectivity index (χ0) is 15.3. The summed E-state index contributed by atoms with van der Waals surface area (Å²) in [6.07, 6.45) is 0. The molecule has 0 unspecified atom stereocenters. The van der Waals surface area contributed by atoms with Crippen LogP contribution >= 0.6 is 11.8 Å². The molecule has 4 heteroatoms. The highest BCUT2D eigenvalue weighted by molar-refractivity contribution is 7.99. The van der Waals surface area contributed by atoms with E-state index in [0.717, 1.165) is 10.5 Å². The Labute approximate surface area is 130 Å². The Kier molecular flexibility index (Phi) is 5.26. The van der Waals surface area contributed by atoms with Crippen LogP contribution in [-0.2, 0) is 9.84 Å². The molecule has 0 bridgehead atoms. The molecule has 0 fully saturated rings. The summed E-state index contributed by atoms with van der Waals surface area (Å²) in [5.74, 6) is 0.602. The molecule has 0 aromatic heterocycles. The van der Waals surface area contributed by atoms with E-state index in [9.17, 15) is 8.42 Å². The highest BCUT2D eigenvalue weighted by Gasteiger charge is 2.15. The molecule has 0 spiro atoms. The van der Waals surface area contributed by atoms with E-state index in [1.807, 2.05) is 49.4 Å². The second-order valence-electron chi connectivity index (χ2n) is 4.92. The Morgan fingerprint density at radius 2 is 1.67 bits per heavy atom. The number of rotatable bonds is 6. The summed E-state index contributed by atoms with van der Waals surface area (Å²) in [4.78, 5) is 1.48. The predicted octanol–water partition coefficient (Wildman–Crippen LogP) is 4.12. The standard InChI is InChI=1S/C17H18O2S2/c1-14-8-10-17(11-9-14)21(18,19)13-15(2)12-20-16-6-4-3-5-7-16/h3-11H,2,12-13H2,1H3. The number of thioether (sulfide) groups is 1. The van der Waals surface area contributed by atoms with Crippen LogP contribution in [0.1, 0.15) is 5.56 Å². The lowest BCUT2D eigenvalue weighted by atomic mass is 10.2. The van der Waals surface area contributed by atoms with Crippen LogP contribution in [0.5, 0.6) is 0 Å². The molecule has 2 aromatic rings. The van der Waals surface area contributed by atoms with Crippen LogP contribution in [-0.4, -0.2) is 19.9 Å². The van der Waals surface area contributed by atoms with Crippen molar-refractivity contribution in [3.8, 4) is 0 Å². The van der Waals surface area contributed by atoms with Crippen molar-refractivity contribution < 1.29 is 8.42 Å². The van der Waals surface area contributed by atoms with Crippen LogP contribution in [0.2, 0.25) is 0 Å². The molecule has 2 rings (SSSR count). The molecule has 0 heterocycles. The first-order chi connectivity index (χ1) is 9.97. The first-order valence-corrected chi connectivity index (χ1v) is 9.25. The fraction of sp³-hybridized carbons (Fsp3) is 0.176. The fourth-order valence-electron chi connectivity index (χ4n) is 1.84. The summed E-state index contributed by atoms with van der Waals surface area (Å²) in [6, 6.07) is 16.8. The molecule has 0 saturated carbocycles. The molecule has 21 heavy (non-hydrogen) atoms. The summed E-state index contributed by atoms with van der Waals surface area (Å²) >= 11 is 1.60. The second kappa shape index (κ2) is 6.96. The molecule has 0 aliphatic rings. The lowest BCUT2D eigenvalue weighted by Gasteiger charge is -2.08. The molecule has 0 radical (unpaired) electrons. The average molecular weight is 318 g/mol. The minimum absolute atomic E-state index is 0.00407. The van der Waals surface area contributed by atoms with Crippen molar-refractivity contribution >= 4 is 21.6 Å². The molecule has 0 amide bonds. The van der Waals surface area contributed by atoms with Gasteiger partial charge in [0.2, 0.25) is 0 Å². The summed E-state index contributed by atoms with van der Waals surface area (Å²) < 4.78 is 24.6. The van der Waals surface area contributed by atoms with E-state index in [2.05, 4.69) is 6.58 Å². The number of benzene rings is 2. The monoisotopic (exact) mass is 318 g/mol. The van der Waals surface area contributed by atoms with Crippen LogP contribution in [0, 0.1) is 6.92 Å². The van der Waals surface area contributed by atoms with Gasteiger partial charge < -0.3 is 0 Å². The van der Waals surface area contributed by atoms with Gasteiger partial charge in [0.1, 0.15) is 0 Å². The van der Waals surface area contributed by atoms with Gasteiger partial charge >= 0.3 is 0 Å². The SMILES string of the molecule is C=C(CSc1ccccc1)CS(=O)(=O)c1ccc(C)cc1. The quantitative estimate of drug-likeness (QED) is 0.593. The highest BCUT2D eigenvalue weighted by Crippen LogP contribution is 2.21. The molecule has 0 aliphatic heterocycles. The first-order valence-electron chi connectivity index (χ1n) is 6.61. The van der Waals surface area contributed by atoms with Crippen LogP contribution in [0.3, 0.4) is 0 Å². The molecule has 0 aliphatic carbocycles. The summed E-state index contributed by atoms with van der Waals surface area (Å²) in [6.45, 7) is 5.83. The Balaban J connectivity index is 1.97. The molecular weight excluding hydrogens is 300 g/mol. The maximum atomic E-state index is 12.3. The predicted molar refractivity (Wildman–Crippen MR) is 89.5 cm³/mol. The topological polar surface area (TPSA) is 34.1 Å². The highest BCUT2D eigenvalue weighted by atomic mass is 32.2. The number of hydrogen-bond acceptors (Lipinski definition) is 3. The number of aryl methyl sites for hydroxylation is 1. The van der Waals surface area contributed by atoms with E-state index < -0.39 is 9.84 Å². The Morgan fingerprint density at radius 1 is 1.05 bits per heavy atom. The summed E-state index contributed by atoms with van der Waals surface area (Å²) in [5.41, 5.74) is 1.76. The molecule has 0 saturated heterocycles. The van der Waals surface area contributed by atoms with Crippen LogP contribution in [0.15, 0.2) is 76.5 Å². The lowest BCUT2D eigenvalue weighted by Crippen LogP contribution is -2.09. The third-order valence-corrected chi connectivity index (χ3v) is 5.90. The molecule has 0 atom stereocenters. The van der Waals surface area contributed by atoms with Gasteiger partial charge in [0, 0.05) is 10.6 Å². The second-order valence-corrected chi connectivity index (χ2v) is 7.96. The zero-order valence-electron chi connectivity index (χ0n) is 12.0. The normalized spacial score (nSPS) is 11.3. The molecular formula is C17H18O2S2. The van der Waals surface area contributed by atoms with E-state index >= 15 is 0 Å². The van der Waals surface area contributed by atoms with E-state index in [4.69, 9.17) is 0 Å².